The highest BCUT2D eigenvalue weighted by Crippen LogP contribution is 2.18. The number of nitrogens with zero attached hydrogens (tertiary/aromatic N) is 2. The number of hydrogen-bond donors (Lipinski definition) is 1. The van der Waals surface area contributed by atoms with E-state index in [1.54, 1.807) is 0 Å². The standard InChI is InChI=1S/C11H11F2N3O3S/c12-11(13)19-9-3-1-2-8(4-9)5-20(17,18)6-10-14-7-15-16-10/h1-4,7,11H,5-6H2,(H,14,15,16). The molecule has 0 fully saturated rings. The molecule has 2 rings (SSSR count). The van der Waals surface area contributed by atoms with Crippen LogP contribution in [-0.2, 0) is 21.3 Å². The number of benzene rings is 1. The van der Waals surface area contributed by atoms with Gasteiger partial charge in [-0.25, -0.2) is 13.4 Å². The number of H-pyrrole nitrogens is 1. The van der Waals surface area contributed by atoms with Gasteiger partial charge >= 0.3 is 6.61 Å². The van der Waals surface area contributed by atoms with E-state index in [9.17, 15) is 17.2 Å². The summed E-state index contributed by atoms with van der Waals surface area (Å²) in [6, 6.07) is 5.58. The molecule has 1 aromatic carbocycles. The van der Waals surface area contributed by atoms with Gasteiger partial charge in [0.2, 0.25) is 0 Å². The SMILES string of the molecule is O=S(=O)(Cc1cccc(OC(F)F)c1)Cc1ncn[nH]1. The zero-order valence-electron chi connectivity index (χ0n) is 10.2. The second-order valence-electron chi connectivity index (χ2n) is 3.99. The highest BCUT2D eigenvalue weighted by atomic mass is 32.2. The lowest BCUT2D eigenvalue weighted by molar-refractivity contribution is -0.0498. The molecule has 1 heterocycles. The van der Waals surface area contributed by atoms with Gasteiger partial charge in [0, 0.05) is 0 Å². The topological polar surface area (TPSA) is 84.9 Å². The van der Waals surface area contributed by atoms with Gasteiger partial charge in [0.15, 0.2) is 9.84 Å². The van der Waals surface area contributed by atoms with E-state index in [-0.39, 0.29) is 23.1 Å². The van der Waals surface area contributed by atoms with Crippen molar-refractivity contribution in [2.75, 3.05) is 0 Å². The number of aromatic amines is 1. The van der Waals surface area contributed by atoms with Crippen molar-refractivity contribution in [3.05, 3.63) is 42.0 Å². The summed E-state index contributed by atoms with van der Waals surface area (Å²) in [7, 11) is -3.48. The molecule has 0 aliphatic heterocycles. The van der Waals surface area contributed by atoms with Gasteiger partial charge in [-0.15, -0.1) is 0 Å². The second kappa shape index (κ2) is 5.95. The van der Waals surface area contributed by atoms with Crippen LogP contribution in [0.25, 0.3) is 0 Å². The molecule has 0 saturated heterocycles. The Labute approximate surface area is 113 Å². The van der Waals surface area contributed by atoms with Crippen LogP contribution in [0.1, 0.15) is 11.4 Å². The third kappa shape index (κ3) is 4.26. The van der Waals surface area contributed by atoms with E-state index >= 15 is 0 Å². The first-order valence-electron chi connectivity index (χ1n) is 5.53. The van der Waals surface area contributed by atoms with Gasteiger partial charge < -0.3 is 4.74 Å². The number of halogens is 2. The van der Waals surface area contributed by atoms with Crippen molar-refractivity contribution in [1.29, 1.82) is 0 Å². The zero-order valence-corrected chi connectivity index (χ0v) is 11.0. The second-order valence-corrected chi connectivity index (χ2v) is 6.05. The number of aromatic nitrogens is 3. The van der Waals surface area contributed by atoms with Gasteiger partial charge in [-0.3, -0.25) is 5.10 Å². The van der Waals surface area contributed by atoms with Crippen LogP contribution in [0.5, 0.6) is 5.75 Å². The summed E-state index contributed by atoms with van der Waals surface area (Å²) in [5, 5.41) is 6.01. The zero-order chi connectivity index (χ0) is 14.6. The summed E-state index contributed by atoms with van der Waals surface area (Å²) in [6.45, 7) is -2.95. The van der Waals surface area contributed by atoms with Crippen LogP contribution in [0.15, 0.2) is 30.6 Å². The minimum atomic E-state index is -3.48. The Hall–Kier alpha value is -2.03. The third-order valence-electron chi connectivity index (χ3n) is 2.33. The first kappa shape index (κ1) is 14.4. The molecule has 1 N–H and O–H groups in total. The van der Waals surface area contributed by atoms with E-state index < -0.39 is 16.4 Å². The Morgan fingerprint density at radius 2 is 2.10 bits per heavy atom. The largest absolute Gasteiger partial charge is 0.435 e. The average molecular weight is 303 g/mol. The quantitative estimate of drug-likeness (QED) is 0.874. The number of alkyl halides is 2. The molecule has 0 aliphatic carbocycles. The Bertz CT molecular complexity index is 659. The molecule has 0 bridgehead atoms. The summed E-state index contributed by atoms with van der Waals surface area (Å²) < 4.78 is 52.2. The van der Waals surface area contributed by atoms with Gasteiger partial charge in [0.1, 0.15) is 23.7 Å². The molecule has 0 aliphatic rings. The van der Waals surface area contributed by atoms with Crippen LogP contribution in [0.3, 0.4) is 0 Å². The van der Waals surface area contributed by atoms with Crippen LogP contribution in [0.4, 0.5) is 8.78 Å². The highest BCUT2D eigenvalue weighted by molar-refractivity contribution is 7.89. The van der Waals surface area contributed by atoms with E-state index in [1.165, 1.54) is 30.6 Å². The van der Waals surface area contributed by atoms with Crippen LogP contribution in [0.2, 0.25) is 0 Å². The van der Waals surface area contributed by atoms with Crippen molar-refractivity contribution in [2.45, 2.75) is 18.1 Å². The fourth-order valence-electron chi connectivity index (χ4n) is 1.63. The van der Waals surface area contributed by atoms with Crippen molar-refractivity contribution >= 4 is 9.84 Å². The van der Waals surface area contributed by atoms with E-state index in [1.807, 2.05) is 0 Å². The van der Waals surface area contributed by atoms with E-state index in [2.05, 4.69) is 19.9 Å². The first-order chi connectivity index (χ1) is 9.44. The molecule has 0 unspecified atom stereocenters. The van der Waals surface area contributed by atoms with Crippen molar-refractivity contribution < 1.29 is 21.9 Å². The third-order valence-corrected chi connectivity index (χ3v) is 3.82. The molecule has 20 heavy (non-hydrogen) atoms. The molecule has 2 aromatic rings. The summed E-state index contributed by atoms with van der Waals surface area (Å²) >= 11 is 0. The van der Waals surface area contributed by atoms with Gasteiger partial charge in [0.05, 0.1) is 5.75 Å². The van der Waals surface area contributed by atoms with E-state index in [4.69, 9.17) is 0 Å². The molecule has 108 valence electrons. The number of ether oxygens (including phenoxy) is 1. The summed E-state index contributed by atoms with van der Waals surface area (Å²) in [5.41, 5.74) is 0.364. The maximum absolute atomic E-state index is 12.1. The van der Waals surface area contributed by atoms with Crippen LogP contribution in [-0.4, -0.2) is 30.2 Å². The molecule has 9 heteroatoms. The minimum absolute atomic E-state index is 0.0765. The molecular formula is C11H11F2N3O3S. The molecule has 0 radical (unpaired) electrons. The fourth-order valence-corrected chi connectivity index (χ4v) is 2.97. The lowest BCUT2D eigenvalue weighted by Crippen LogP contribution is -2.09. The highest BCUT2D eigenvalue weighted by Gasteiger charge is 2.15. The summed E-state index contributed by atoms with van der Waals surface area (Å²) in [5.74, 6) is -0.446. The van der Waals surface area contributed by atoms with Crippen LogP contribution >= 0.6 is 0 Å². The van der Waals surface area contributed by atoms with Crippen molar-refractivity contribution in [1.82, 2.24) is 15.2 Å². The molecular weight excluding hydrogens is 292 g/mol. The van der Waals surface area contributed by atoms with Gasteiger partial charge in [0.25, 0.3) is 0 Å². The van der Waals surface area contributed by atoms with Crippen LogP contribution < -0.4 is 4.74 Å². The number of hydrogen-bond acceptors (Lipinski definition) is 5. The van der Waals surface area contributed by atoms with Crippen molar-refractivity contribution in [3.63, 3.8) is 0 Å². The Balaban J connectivity index is 2.09. The molecule has 0 spiro atoms. The van der Waals surface area contributed by atoms with E-state index in [0.29, 0.717) is 5.56 Å². The predicted molar refractivity (Wildman–Crippen MR) is 65.8 cm³/mol. The molecule has 6 nitrogen and oxygen atoms in total. The normalized spacial score (nSPS) is 11.8. The molecule has 0 atom stereocenters. The Morgan fingerprint density at radius 1 is 1.30 bits per heavy atom. The average Bonchev–Trinajstić information content (AvgIpc) is 2.79. The smallest absolute Gasteiger partial charge is 0.387 e. The Kier molecular flexibility index (Phi) is 4.28. The number of sulfone groups is 1. The maximum Gasteiger partial charge on any atom is 0.387 e. The van der Waals surface area contributed by atoms with Crippen molar-refractivity contribution in [3.8, 4) is 5.75 Å². The predicted octanol–water partition coefficient (Wildman–Crippen LogP) is 1.52. The monoisotopic (exact) mass is 303 g/mol. The first-order valence-corrected chi connectivity index (χ1v) is 7.35. The molecule has 1 aromatic heterocycles. The number of rotatable bonds is 6. The van der Waals surface area contributed by atoms with Gasteiger partial charge in [-0.05, 0) is 17.7 Å². The minimum Gasteiger partial charge on any atom is -0.435 e. The van der Waals surface area contributed by atoms with Gasteiger partial charge in [-0.1, -0.05) is 12.1 Å². The van der Waals surface area contributed by atoms with Gasteiger partial charge in [-0.2, -0.15) is 13.9 Å². The Morgan fingerprint density at radius 3 is 2.75 bits per heavy atom. The number of nitrogens with one attached hydrogen (secondary N) is 1. The van der Waals surface area contributed by atoms with E-state index in [0.717, 1.165) is 0 Å². The maximum atomic E-state index is 12.1. The van der Waals surface area contributed by atoms with Crippen LogP contribution in [0, 0.1) is 0 Å². The molecule has 0 amide bonds. The summed E-state index contributed by atoms with van der Waals surface area (Å²) in [6.07, 6.45) is 1.21. The fraction of sp³-hybridized carbons (Fsp3) is 0.273. The van der Waals surface area contributed by atoms with Crippen molar-refractivity contribution in [2.24, 2.45) is 0 Å². The lowest BCUT2D eigenvalue weighted by Gasteiger charge is -2.07. The summed E-state index contributed by atoms with van der Waals surface area (Å²) in [4.78, 5) is 3.73. The molecule has 0 saturated carbocycles. The lowest BCUT2D eigenvalue weighted by atomic mass is 10.2.